The van der Waals surface area contributed by atoms with Gasteiger partial charge in [0.15, 0.2) is 0 Å². The van der Waals surface area contributed by atoms with Crippen LogP contribution in [0.2, 0.25) is 0 Å². The largest absolute Gasteiger partial charge is 0.370 e. The van der Waals surface area contributed by atoms with Crippen molar-refractivity contribution in [2.45, 2.75) is 26.3 Å². The van der Waals surface area contributed by atoms with Crippen molar-refractivity contribution in [1.29, 1.82) is 0 Å². The van der Waals surface area contributed by atoms with Gasteiger partial charge in [-0.15, -0.1) is 0 Å². The van der Waals surface area contributed by atoms with Gasteiger partial charge in [-0.05, 0) is 24.1 Å². The second-order valence-electron chi connectivity index (χ2n) is 5.82. The number of hydrogen-bond acceptors (Lipinski definition) is 5. The first-order valence-electron chi connectivity index (χ1n) is 8.66. The van der Waals surface area contributed by atoms with Crippen molar-refractivity contribution in [3.05, 3.63) is 66.5 Å². The van der Waals surface area contributed by atoms with Gasteiger partial charge in [-0.1, -0.05) is 43.7 Å². The van der Waals surface area contributed by atoms with E-state index in [-0.39, 0.29) is 0 Å². The molecular weight excluding hydrogens is 310 g/mol. The van der Waals surface area contributed by atoms with E-state index >= 15 is 0 Å². The average Bonchev–Trinajstić information content (AvgIpc) is 2.68. The first kappa shape index (κ1) is 16.9. The smallest absolute Gasteiger partial charge is 0.225 e. The van der Waals surface area contributed by atoms with E-state index in [1.807, 2.05) is 36.4 Å². The van der Waals surface area contributed by atoms with Gasteiger partial charge in [0.25, 0.3) is 0 Å². The normalized spacial score (nSPS) is 10.4. The topological polar surface area (TPSA) is 62.7 Å². The summed E-state index contributed by atoms with van der Waals surface area (Å²) in [4.78, 5) is 13.3. The molecule has 2 N–H and O–H groups in total. The predicted molar refractivity (Wildman–Crippen MR) is 102 cm³/mol. The zero-order valence-electron chi connectivity index (χ0n) is 14.4. The molecule has 0 spiro atoms. The van der Waals surface area contributed by atoms with Crippen molar-refractivity contribution in [2.24, 2.45) is 0 Å². The molecule has 0 saturated heterocycles. The Hall–Kier alpha value is -2.95. The summed E-state index contributed by atoms with van der Waals surface area (Å²) in [5, 5.41) is 6.71. The second kappa shape index (κ2) is 8.78. The number of nitrogens with zero attached hydrogens (tertiary/aromatic N) is 3. The molecule has 0 radical (unpaired) electrons. The maximum Gasteiger partial charge on any atom is 0.225 e. The minimum absolute atomic E-state index is 0.622. The molecule has 5 heteroatoms. The Morgan fingerprint density at radius 2 is 1.72 bits per heavy atom. The zero-order valence-corrected chi connectivity index (χ0v) is 14.4. The standard InChI is InChI=1S/C20H23N5/c1-2-3-11-22-19-14-18(17-7-5-4-6-8-17)24-20(25-19)23-15-16-9-12-21-13-10-16/h4-10,12-14H,2-3,11,15H2,1H3,(H2,22,23,24,25). The van der Waals surface area contributed by atoms with Crippen LogP contribution in [0.5, 0.6) is 0 Å². The van der Waals surface area contributed by atoms with Crippen LogP contribution < -0.4 is 10.6 Å². The third kappa shape index (κ3) is 5.01. The highest BCUT2D eigenvalue weighted by atomic mass is 15.1. The van der Waals surface area contributed by atoms with Crippen LogP contribution in [0.3, 0.4) is 0 Å². The molecule has 0 aliphatic carbocycles. The fraction of sp³-hybridized carbons (Fsp3) is 0.250. The van der Waals surface area contributed by atoms with Crippen molar-refractivity contribution in [3.63, 3.8) is 0 Å². The molecule has 0 unspecified atom stereocenters. The van der Waals surface area contributed by atoms with Crippen LogP contribution in [0.25, 0.3) is 11.3 Å². The van der Waals surface area contributed by atoms with Crippen LogP contribution >= 0.6 is 0 Å². The molecule has 2 aromatic heterocycles. The molecule has 5 nitrogen and oxygen atoms in total. The molecule has 0 fully saturated rings. The van der Waals surface area contributed by atoms with Gasteiger partial charge >= 0.3 is 0 Å². The first-order chi connectivity index (χ1) is 12.3. The number of anilines is 2. The van der Waals surface area contributed by atoms with Gasteiger partial charge in [-0.3, -0.25) is 4.98 Å². The Morgan fingerprint density at radius 1 is 0.920 bits per heavy atom. The number of pyridine rings is 1. The van der Waals surface area contributed by atoms with Gasteiger partial charge in [0.05, 0.1) is 5.69 Å². The van der Waals surface area contributed by atoms with E-state index < -0.39 is 0 Å². The maximum atomic E-state index is 4.67. The van der Waals surface area contributed by atoms with Crippen molar-refractivity contribution in [3.8, 4) is 11.3 Å². The van der Waals surface area contributed by atoms with Gasteiger partial charge in [0.2, 0.25) is 5.95 Å². The number of hydrogen-bond donors (Lipinski definition) is 2. The van der Waals surface area contributed by atoms with E-state index in [1.165, 1.54) is 0 Å². The van der Waals surface area contributed by atoms with E-state index in [1.54, 1.807) is 12.4 Å². The third-order valence-corrected chi connectivity index (χ3v) is 3.83. The summed E-state index contributed by atoms with van der Waals surface area (Å²) in [7, 11) is 0. The Labute approximate surface area is 148 Å². The highest BCUT2D eigenvalue weighted by molar-refractivity contribution is 5.64. The number of nitrogens with one attached hydrogen (secondary N) is 2. The van der Waals surface area contributed by atoms with Crippen molar-refractivity contribution in [1.82, 2.24) is 15.0 Å². The van der Waals surface area contributed by atoms with E-state index in [9.17, 15) is 0 Å². The molecule has 0 saturated carbocycles. The lowest BCUT2D eigenvalue weighted by Crippen LogP contribution is -2.08. The van der Waals surface area contributed by atoms with E-state index in [2.05, 4.69) is 44.6 Å². The second-order valence-corrected chi connectivity index (χ2v) is 5.82. The minimum Gasteiger partial charge on any atom is -0.370 e. The molecule has 0 bridgehead atoms. The van der Waals surface area contributed by atoms with Gasteiger partial charge in [-0.2, -0.15) is 4.98 Å². The fourth-order valence-corrected chi connectivity index (χ4v) is 2.45. The van der Waals surface area contributed by atoms with Crippen LogP contribution in [0, 0.1) is 0 Å². The molecule has 1 aromatic carbocycles. The lowest BCUT2D eigenvalue weighted by Gasteiger charge is -2.11. The van der Waals surface area contributed by atoms with Crippen molar-refractivity contribution in [2.75, 3.05) is 17.2 Å². The molecule has 3 rings (SSSR count). The number of benzene rings is 1. The summed E-state index contributed by atoms with van der Waals surface area (Å²) in [6.07, 6.45) is 5.84. The first-order valence-corrected chi connectivity index (χ1v) is 8.66. The van der Waals surface area contributed by atoms with E-state index in [0.29, 0.717) is 12.5 Å². The monoisotopic (exact) mass is 333 g/mol. The summed E-state index contributed by atoms with van der Waals surface area (Å²) in [5.74, 6) is 1.47. The molecule has 128 valence electrons. The van der Waals surface area contributed by atoms with Gasteiger partial charge in [-0.25, -0.2) is 4.98 Å². The summed E-state index contributed by atoms with van der Waals surface area (Å²) in [6.45, 7) is 3.75. The molecular formula is C20H23N5. The molecule has 25 heavy (non-hydrogen) atoms. The van der Waals surface area contributed by atoms with Crippen LogP contribution in [-0.4, -0.2) is 21.5 Å². The maximum absolute atomic E-state index is 4.67. The number of rotatable bonds is 8. The quantitative estimate of drug-likeness (QED) is 0.600. The highest BCUT2D eigenvalue weighted by Crippen LogP contribution is 2.21. The van der Waals surface area contributed by atoms with E-state index in [4.69, 9.17) is 0 Å². The van der Waals surface area contributed by atoms with Crippen molar-refractivity contribution >= 4 is 11.8 Å². The fourth-order valence-electron chi connectivity index (χ4n) is 2.45. The lowest BCUT2D eigenvalue weighted by molar-refractivity contribution is 0.830. The molecule has 0 aliphatic heterocycles. The van der Waals surface area contributed by atoms with Crippen LogP contribution in [-0.2, 0) is 6.54 Å². The van der Waals surface area contributed by atoms with Gasteiger partial charge in [0.1, 0.15) is 5.82 Å². The van der Waals surface area contributed by atoms with E-state index in [0.717, 1.165) is 42.0 Å². The molecule has 3 aromatic rings. The summed E-state index contributed by atoms with van der Waals surface area (Å²) in [6, 6.07) is 16.1. The molecule has 0 atom stereocenters. The summed E-state index contributed by atoms with van der Waals surface area (Å²) >= 11 is 0. The predicted octanol–water partition coefficient (Wildman–Crippen LogP) is 4.36. The highest BCUT2D eigenvalue weighted by Gasteiger charge is 2.06. The minimum atomic E-state index is 0.622. The Morgan fingerprint density at radius 3 is 2.48 bits per heavy atom. The SMILES string of the molecule is CCCCNc1cc(-c2ccccc2)nc(NCc2ccncc2)n1. The molecule has 0 amide bonds. The lowest BCUT2D eigenvalue weighted by atomic mass is 10.1. The summed E-state index contributed by atoms with van der Waals surface area (Å²) in [5.41, 5.74) is 3.13. The Kier molecular flexibility index (Phi) is 5.93. The molecule has 2 heterocycles. The van der Waals surface area contributed by atoms with Gasteiger partial charge < -0.3 is 10.6 Å². The average molecular weight is 333 g/mol. The third-order valence-electron chi connectivity index (χ3n) is 3.83. The van der Waals surface area contributed by atoms with Crippen LogP contribution in [0.4, 0.5) is 11.8 Å². The van der Waals surface area contributed by atoms with Gasteiger partial charge in [0, 0.05) is 37.1 Å². The Balaban J connectivity index is 1.81. The number of aromatic nitrogens is 3. The van der Waals surface area contributed by atoms with Crippen molar-refractivity contribution < 1.29 is 0 Å². The number of unbranched alkanes of at least 4 members (excludes halogenated alkanes) is 1. The van der Waals surface area contributed by atoms with Crippen LogP contribution in [0.1, 0.15) is 25.3 Å². The Bertz CT molecular complexity index is 775. The summed E-state index contributed by atoms with van der Waals surface area (Å²) < 4.78 is 0. The molecule has 0 aliphatic rings. The zero-order chi connectivity index (χ0) is 17.3. The van der Waals surface area contributed by atoms with Crippen LogP contribution in [0.15, 0.2) is 60.9 Å².